The zero-order chi connectivity index (χ0) is 16.6. The summed E-state index contributed by atoms with van der Waals surface area (Å²) in [6.07, 6.45) is 1.16. The molecule has 23 heavy (non-hydrogen) atoms. The molecule has 2 fully saturated rings. The molecule has 1 aromatic rings. The third-order valence-corrected chi connectivity index (χ3v) is 4.96. The Kier molecular flexibility index (Phi) is 4.60. The van der Waals surface area contributed by atoms with Gasteiger partial charge in [-0.15, -0.1) is 0 Å². The van der Waals surface area contributed by atoms with Crippen LogP contribution < -0.4 is 4.74 Å². The summed E-state index contributed by atoms with van der Waals surface area (Å²) in [7, 11) is 3.77. The van der Waals surface area contributed by atoms with Crippen molar-refractivity contribution in [2.24, 2.45) is 0 Å². The number of aryl methyl sites for hydroxylation is 2. The number of fused-ring (bicyclic) bond motifs is 1. The zero-order valence-corrected chi connectivity index (χ0v) is 14.5. The molecule has 0 radical (unpaired) electrons. The van der Waals surface area contributed by atoms with Crippen LogP contribution in [-0.2, 0) is 4.74 Å². The van der Waals surface area contributed by atoms with Gasteiger partial charge in [0.15, 0.2) is 0 Å². The van der Waals surface area contributed by atoms with Gasteiger partial charge in [-0.25, -0.2) is 0 Å². The van der Waals surface area contributed by atoms with Gasteiger partial charge in [0.05, 0.1) is 25.9 Å². The first-order valence-corrected chi connectivity index (χ1v) is 8.27. The Morgan fingerprint density at radius 2 is 1.96 bits per heavy atom. The molecule has 0 N–H and O–H groups in total. The van der Waals surface area contributed by atoms with Crippen LogP contribution in [0.2, 0.25) is 0 Å². The van der Waals surface area contributed by atoms with Gasteiger partial charge in [0, 0.05) is 25.2 Å². The summed E-state index contributed by atoms with van der Waals surface area (Å²) < 4.78 is 11.3. The van der Waals surface area contributed by atoms with E-state index in [1.54, 1.807) is 7.11 Å². The van der Waals surface area contributed by atoms with E-state index in [2.05, 4.69) is 11.9 Å². The molecule has 0 bridgehead atoms. The molecule has 2 aliphatic rings. The van der Waals surface area contributed by atoms with Crippen molar-refractivity contribution < 1.29 is 14.3 Å². The van der Waals surface area contributed by atoms with E-state index in [1.165, 1.54) is 0 Å². The van der Waals surface area contributed by atoms with Crippen molar-refractivity contribution in [1.29, 1.82) is 0 Å². The van der Waals surface area contributed by atoms with Crippen molar-refractivity contribution in [1.82, 2.24) is 9.80 Å². The number of likely N-dealkylation sites (tertiary alicyclic amines) is 1. The highest BCUT2D eigenvalue weighted by molar-refractivity contribution is 5.95. The lowest BCUT2D eigenvalue weighted by Crippen LogP contribution is -2.60. The molecule has 5 heteroatoms. The van der Waals surface area contributed by atoms with Crippen LogP contribution in [0.5, 0.6) is 5.75 Å². The minimum atomic E-state index is 0.104. The number of carbonyl (C=O) groups is 1. The molecule has 126 valence electrons. The number of hydrogen-bond donors (Lipinski definition) is 0. The lowest BCUT2D eigenvalue weighted by atomic mass is 9.97. The largest absolute Gasteiger partial charge is 0.496 e. The molecule has 2 heterocycles. The van der Waals surface area contributed by atoms with Gasteiger partial charge in [0.2, 0.25) is 0 Å². The number of ether oxygens (including phenoxy) is 2. The lowest BCUT2D eigenvalue weighted by Gasteiger charge is -2.46. The quantitative estimate of drug-likeness (QED) is 0.835. The van der Waals surface area contributed by atoms with Gasteiger partial charge in [0.25, 0.3) is 5.91 Å². The molecular formula is C18H26N2O3. The minimum Gasteiger partial charge on any atom is -0.496 e. The predicted molar refractivity (Wildman–Crippen MR) is 89.1 cm³/mol. The van der Waals surface area contributed by atoms with E-state index < -0.39 is 0 Å². The highest BCUT2D eigenvalue weighted by Gasteiger charge is 2.38. The van der Waals surface area contributed by atoms with Crippen molar-refractivity contribution in [2.75, 3.05) is 40.4 Å². The Bertz CT molecular complexity index is 579. The molecule has 1 aromatic carbocycles. The Balaban J connectivity index is 1.87. The van der Waals surface area contributed by atoms with E-state index in [0.717, 1.165) is 42.0 Å². The molecule has 0 spiro atoms. The zero-order valence-electron chi connectivity index (χ0n) is 14.5. The summed E-state index contributed by atoms with van der Waals surface area (Å²) in [5.74, 6) is 0.964. The van der Waals surface area contributed by atoms with Crippen LogP contribution in [0, 0.1) is 13.8 Å². The van der Waals surface area contributed by atoms with Gasteiger partial charge in [-0.05, 0) is 50.6 Å². The molecule has 5 nitrogen and oxygen atoms in total. The maximum Gasteiger partial charge on any atom is 0.254 e. The first kappa shape index (κ1) is 16.3. The molecule has 2 atom stereocenters. The Hall–Kier alpha value is -1.59. The monoisotopic (exact) mass is 318 g/mol. The standard InChI is InChI=1S/C18H26N2O3/c1-12-9-14(10-13(2)17(12)22-4)18(21)20-7-8-23-16-5-6-19(3)11-15(16)20/h9-10,15-16H,5-8,11H2,1-4H3/t15-,16-/m1/s1. The number of benzene rings is 1. The highest BCUT2D eigenvalue weighted by Crippen LogP contribution is 2.28. The molecule has 0 aromatic heterocycles. The smallest absolute Gasteiger partial charge is 0.254 e. The van der Waals surface area contributed by atoms with Crippen LogP contribution in [-0.4, -0.2) is 68.3 Å². The van der Waals surface area contributed by atoms with Gasteiger partial charge in [-0.3, -0.25) is 4.79 Å². The molecule has 1 amide bonds. The maximum absolute atomic E-state index is 13.1. The van der Waals surface area contributed by atoms with Gasteiger partial charge in [0.1, 0.15) is 5.75 Å². The number of morpholine rings is 1. The topological polar surface area (TPSA) is 42.0 Å². The third-order valence-electron chi connectivity index (χ3n) is 4.96. The summed E-state index contributed by atoms with van der Waals surface area (Å²) >= 11 is 0. The Morgan fingerprint density at radius 3 is 2.61 bits per heavy atom. The van der Waals surface area contributed by atoms with Crippen LogP contribution in [0.1, 0.15) is 27.9 Å². The summed E-state index contributed by atoms with van der Waals surface area (Å²) in [6.45, 7) is 7.18. The fourth-order valence-corrected chi connectivity index (χ4v) is 3.84. The fourth-order valence-electron chi connectivity index (χ4n) is 3.84. The number of methoxy groups -OCH3 is 1. The fraction of sp³-hybridized carbons (Fsp3) is 0.611. The normalized spacial score (nSPS) is 25.1. The molecule has 0 aliphatic carbocycles. The summed E-state index contributed by atoms with van der Waals surface area (Å²) in [6, 6.07) is 4.02. The average Bonchev–Trinajstić information content (AvgIpc) is 2.53. The van der Waals surface area contributed by atoms with E-state index >= 15 is 0 Å². The lowest BCUT2D eigenvalue weighted by molar-refractivity contribution is -0.0869. The molecule has 2 saturated heterocycles. The second kappa shape index (κ2) is 6.49. The van der Waals surface area contributed by atoms with Crippen molar-refractivity contribution in [3.05, 3.63) is 28.8 Å². The van der Waals surface area contributed by atoms with Crippen molar-refractivity contribution in [3.8, 4) is 5.75 Å². The summed E-state index contributed by atoms with van der Waals surface area (Å²) in [4.78, 5) is 17.4. The summed E-state index contributed by atoms with van der Waals surface area (Å²) in [5.41, 5.74) is 2.75. The van der Waals surface area contributed by atoms with E-state index in [4.69, 9.17) is 9.47 Å². The Labute approximate surface area is 138 Å². The molecule has 0 saturated carbocycles. The van der Waals surface area contributed by atoms with Crippen molar-refractivity contribution in [3.63, 3.8) is 0 Å². The number of likely N-dealkylation sites (N-methyl/N-ethyl adjacent to an activating group) is 1. The SMILES string of the molecule is COc1c(C)cc(C(=O)N2CCO[C@@H]3CCN(C)C[C@H]32)cc1C. The van der Waals surface area contributed by atoms with Crippen LogP contribution in [0.25, 0.3) is 0 Å². The van der Waals surface area contributed by atoms with Crippen molar-refractivity contribution in [2.45, 2.75) is 32.4 Å². The van der Waals surface area contributed by atoms with Crippen LogP contribution in [0.15, 0.2) is 12.1 Å². The first-order valence-electron chi connectivity index (χ1n) is 8.27. The highest BCUT2D eigenvalue weighted by atomic mass is 16.5. The van der Waals surface area contributed by atoms with Gasteiger partial charge < -0.3 is 19.3 Å². The number of carbonyl (C=O) groups excluding carboxylic acids is 1. The van der Waals surface area contributed by atoms with E-state index in [-0.39, 0.29) is 18.1 Å². The molecular weight excluding hydrogens is 292 g/mol. The maximum atomic E-state index is 13.1. The van der Waals surface area contributed by atoms with Gasteiger partial charge >= 0.3 is 0 Å². The Morgan fingerprint density at radius 1 is 1.26 bits per heavy atom. The number of amides is 1. The van der Waals surface area contributed by atoms with Gasteiger partial charge in [-0.2, -0.15) is 0 Å². The predicted octanol–water partition coefficient (Wildman–Crippen LogP) is 1.86. The van der Waals surface area contributed by atoms with E-state index in [9.17, 15) is 4.79 Å². The van der Waals surface area contributed by atoms with Crippen molar-refractivity contribution >= 4 is 5.91 Å². The first-order chi connectivity index (χ1) is 11.0. The van der Waals surface area contributed by atoms with Crippen LogP contribution in [0.4, 0.5) is 0 Å². The minimum absolute atomic E-state index is 0.104. The second-order valence-corrected chi connectivity index (χ2v) is 6.67. The summed E-state index contributed by atoms with van der Waals surface area (Å²) in [5, 5.41) is 0. The average molecular weight is 318 g/mol. The second-order valence-electron chi connectivity index (χ2n) is 6.67. The molecule has 3 rings (SSSR count). The van der Waals surface area contributed by atoms with Crippen LogP contribution in [0.3, 0.4) is 0 Å². The number of rotatable bonds is 2. The van der Waals surface area contributed by atoms with Crippen LogP contribution >= 0.6 is 0 Å². The third kappa shape index (κ3) is 3.08. The van der Waals surface area contributed by atoms with E-state index in [0.29, 0.717) is 13.2 Å². The van der Waals surface area contributed by atoms with Gasteiger partial charge in [-0.1, -0.05) is 0 Å². The number of nitrogens with zero attached hydrogens (tertiary/aromatic N) is 2. The number of piperidine rings is 1. The van der Waals surface area contributed by atoms with E-state index in [1.807, 2.05) is 30.9 Å². The molecule has 0 unspecified atom stereocenters. The number of hydrogen-bond acceptors (Lipinski definition) is 4. The molecule has 2 aliphatic heterocycles.